The number of anilines is 2. The van der Waals surface area contributed by atoms with Gasteiger partial charge in [0.05, 0.1) is 39.4 Å². The second-order valence-corrected chi connectivity index (χ2v) is 14.0. The first kappa shape index (κ1) is 29.2. The average Bonchev–Trinajstić information content (AvgIpc) is 3.46. The monoisotopic (exact) mass is 590 g/mol. The largest absolute Gasteiger partial charge is 0.390 e. The van der Waals surface area contributed by atoms with E-state index in [4.69, 9.17) is 15.0 Å². The minimum Gasteiger partial charge on any atom is -0.390 e. The van der Waals surface area contributed by atoms with Gasteiger partial charge >= 0.3 is 0 Å². The van der Waals surface area contributed by atoms with Gasteiger partial charge in [0.2, 0.25) is 5.95 Å². The maximum Gasteiger partial charge on any atom is 0.225 e. The number of aryl methyl sites for hydroxylation is 2. The molecule has 42 heavy (non-hydrogen) atoms. The van der Waals surface area contributed by atoms with Crippen molar-refractivity contribution in [2.24, 2.45) is 23.7 Å². The number of nitrogens with zero attached hydrogens (tertiary/aromatic N) is 4. The molecule has 6 rings (SSSR count). The average molecular weight is 591 g/mol. The van der Waals surface area contributed by atoms with Crippen LogP contribution in [0.4, 0.5) is 11.8 Å². The number of rotatable bonds is 8. The summed E-state index contributed by atoms with van der Waals surface area (Å²) in [4.78, 5) is 19.1. The lowest BCUT2D eigenvalue weighted by molar-refractivity contribution is -0.0601. The van der Waals surface area contributed by atoms with Crippen LogP contribution >= 0.6 is 11.3 Å². The third-order valence-corrected chi connectivity index (χ3v) is 10.6. The molecule has 3 aliphatic rings. The van der Waals surface area contributed by atoms with Crippen molar-refractivity contribution in [3.05, 3.63) is 48.0 Å². The van der Waals surface area contributed by atoms with Crippen molar-refractivity contribution < 1.29 is 15.3 Å². The van der Waals surface area contributed by atoms with Crippen molar-refractivity contribution in [2.45, 2.75) is 90.2 Å². The number of nitrogens with one attached hydrogen (secondary N) is 2. The zero-order chi connectivity index (χ0) is 29.8. The van der Waals surface area contributed by atoms with Gasteiger partial charge < -0.3 is 26.0 Å². The Hall–Kier alpha value is -2.92. The van der Waals surface area contributed by atoms with Crippen molar-refractivity contribution in [3.8, 4) is 10.6 Å². The number of aromatic nitrogens is 4. The molecule has 3 aliphatic carbocycles. The third-order valence-electron chi connectivity index (χ3n) is 9.60. The van der Waals surface area contributed by atoms with Crippen LogP contribution in [0.15, 0.2) is 36.6 Å². The van der Waals surface area contributed by atoms with Gasteiger partial charge in [-0.1, -0.05) is 24.3 Å². The fraction of sp³-hybridized carbons (Fsp3) is 0.562. The van der Waals surface area contributed by atoms with Crippen molar-refractivity contribution in [2.75, 3.05) is 10.6 Å². The van der Waals surface area contributed by atoms with Gasteiger partial charge in [0.15, 0.2) is 0 Å². The fourth-order valence-electron chi connectivity index (χ4n) is 6.88. The predicted molar refractivity (Wildman–Crippen MR) is 167 cm³/mol. The van der Waals surface area contributed by atoms with Crippen molar-refractivity contribution in [1.82, 2.24) is 19.9 Å². The van der Waals surface area contributed by atoms with E-state index in [1.165, 1.54) is 12.8 Å². The first-order valence-corrected chi connectivity index (χ1v) is 15.9. The van der Waals surface area contributed by atoms with Gasteiger partial charge in [0, 0.05) is 18.2 Å². The van der Waals surface area contributed by atoms with Crippen LogP contribution in [-0.4, -0.2) is 65.1 Å². The van der Waals surface area contributed by atoms with Crippen molar-refractivity contribution in [1.29, 1.82) is 0 Å². The van der Waals surface area contributed by atoms with Crippen molar-refractivity contribution >= 4 is 33.3 Å². The summed E-state index contributed by atoms with van der Waals surface area (Å²) in [6.07, 6.45) is 12.5. The van der Waals surface area contributed by atoms with Crippen LogP contribution in [0.2, 0.25) is 0 Å². The lowest BCUT2D eigenvalue weighted by Gasteiger charge is -2.43. The Morgan fingerprint density at radius 3 is 2.48 bits per heavy atom. The van der Waals surface area contributed by atoms with E-state index < -0.39 is 29.8 Å². The molecule has 3 heterocycles. The highest BCUT2D eigenvalue weighted by atomic mass is 32.1. The zero-order valence-corrected chi connectivity index (χ0v) is 25.8. The molecule has 0 spiro atoms. The van der Waals surface area contributed by atoms with Gasteiger partial charge in [-0.25, -0.2) is 9.97 Å². The van der Waals surface area contributed by atoms with E-state index in [2.05, 4.69) is 46.8 Å². The van der Waals surface area contributed by atoms with E-state index in [0.29, 0.717) is 30.0 Å². The molecule has 0 saturated heterocycles. The van der Waals surface area contributed by atoms with Crippen molar-refractivity contribution in [3.63, 3.8) is 0 Å². The first-order chi connectivity index (χ1) is 20.0. The molecule has 9 nitrogen and oxygen atoms in total. The van der Waals surface area contributed by atoms with Crippen LogP contribution in [0.5, 0.6) is 0 Å². The summed E-state index contributed by atoms with van der Waals surface area (Å²) in [6, 6.07) is 1.66. The molecule has 0 aliphatic heterocycles. The maximum atomic E-state index is 11.0. The molecule has 3 aromatic rings. The molecule has 224 valence electrons. The van der Waals surface area contributed by atoms with Crippen LogP contribution in [0.3, 0.4) is 0 Å². The summed E-state index contributed by atoms with van der Waals surface area (Å²) in [7, 11) is 0. The minimum absolute atomic E-state index is 0.206. The molecule has 3 aromatic heterocycles. The van der Waals surface area contributed by atoms with E-state index in [1.54, 1.807) is 31.4 Å². The van der Waals surface area contributed by atoms with E-state index in [-0.39, 0.29) is 6.04 Å². The SMILES string of the molecule is Cc1nc(N[C@H](C)C2CC(C3C=CC=CC3)C2)nc(NC2C[C@H](C(C)(C)O)[C@@H](O)[C@H]2O)c1-c1nc2c(C)nccc2s1. The molecule has 0 amide bonds. The van der Waals surface area contributed by atoms with Gasteiger partial charge in [-0.05, 0) is 84.1 Å². The Labute approximate surface area is 251 Å². The second-order valence-electron chi connectivity index (χ2n) is 13.0. The standard InChI is InChI=1S/C32H42N6O3S/c1-16(20-13-21(14-20)19-9-7-6-8-10-19)34-31-35-17(2)25(30-37-26-18(3)33-12-11-24(26)42-30)29(38-31)36-23-15-22(32(4,5)41)27(39)28(23)40/h6-9,11-12,16,19-23,27-28,39-41H,10,13-15H2,1-5H3,(H2,34,35,36,38)/t16-,19?,20?,21?,22+,23?,27-,28+/m1/s1. The topological polar surface area (TPSA) is 136 Å². The van der Waals surface area contributed by atoms with Crippen LogP contribution in [-0.2, 0) is 0 Å². The number of thiazole rings is 1. The Morgan fingerprint density at radius 1 is 1.02 bits per heavy atom. The summed E-state index contributed by atoms with van der Waals surface area (Å²) in [5.41, 5.74) is 2.11. The highest BCUT2D eigenvalue weighted by Gasteiger charge is 2.48. The molecular weight excluding hydrogens is 548 g/mol. The molecular formula is C32H42N6O3S. The predicted octanol–water partition coefficient (Wildman–Crippen LogP) is 5.02. The number of hydrogen-bond donors (Lipinski definition) is 5. The number of fused-ring (bicyclic) bond motifs is 1. The molecule has 2 unspecified atom stereocenters. The fourth-order valence-corrected chi connectivity index (χ4v) is 7.99. The summed E-state index contributed by atoms with van der Waals surface area (Å²) in [6.45, 7) is 9.44. The summed E-state index contributed by atoms with van der Waals surface area (Å²) in [5, 5.41) is 40.2. The van der Waals surface area contributed by atoms with Gasteiger partial charge in [0.25, 0.3) is 0 Å². The molecule has 6 atom stereocenters. The molecule has 2 fully saturated rings. The summed E-state index contributed by atoms with van der Waals surface area (Å²) < 4.78 is 1.03. The van der Waals surface area contributed by atoms with Crippen LogP contribution < -0.4 is 10.6 Å². The number of allylic oxidation sites excluding steroid dienone is 4. The smallest absolute Gasteiger partial charge is 0.225 e. The lowest BCUT2D eigenvalue weighted by atomic mass is 9.65. The summed E-state index contributed by atoms with van der Waals surface area (Å²) >= 11 is 1.55. The quantitative estimate of drug-likeness (QED) is 0.245. The number of hydrogen-bond acceptors (Lipinski definition) is 10. The Bertz CT molecular complexity index is 1510. The molecule has 2 saturated carbocycles. The van der Waals surface area contributed by atoms with Gasteiger partial charge in [0.1, 0.15) is 22.4 Å². The van der Waals surface area contributed by atoms with E-state index in [0.717, 1.165) is 44.5 Å². The molecule has 0 radical (unpaired) electrons. The first-order valence-electron chi connectivity index (χ1n) is 15.1. The van der Waals surface area contributed by atoms with Gasteiger partial charge in [-0.15, -0.1) is 11.3 Å². The Morgan fingerprint density at radius 2 is 1.81 bits per heavy atom. The van der Waals surface area contributed by atoms with Crippen LogP contribution in [0, 0.1) is 37.5 Å². The third kappa shape index (κ3) is 5.57. The number of pyridine rings is 1. The second kappa shape index (κ2) is 11.3. The van der Waals surface area contributed by atoms with Gasteiger partial charge in [-0.2, -0.15) is 4.98 Å². The normalized spacial score (nSPS) is 30.0. The van der Waals surface area contributed by atoms with E-state index in [1.807, 2.05) is 19.9 Å². The Balaban J connectivity index is 1.28. The zero-order valence-electron chi connectivity index (χ0n) is 25.0. The Kier molecular flexibility index (Phi) is 7.84. The lowest BCUT2D eigenvalue weighted by Crippen LogP contribution is -2.40. The van der Waals surface area contributed by atoms with Crippen LogP contribution in [0.25, 0.3) is 20.8 Å². The summed E-state index contributed by atoms with van der Waals surface area (Å²) in [5.74, 6) is 2.51. The number of aliphatic hydroxyl groups is 3. The molecule has 0 aromatic carbocycles. The van der Waals surface area contributed by atoms with Crippen LogP contribution in [0.1, 0.15) is 57.8 Å². The minimum atomic E-state index is -1.13. The maximum absolute atomic E-state index is 11.0. The molecule has 5 N–H and O–H groups in total. The van der Waals surface area contributed by atoms with Gasteiger partial charge in [-0.3, -0.25) is 4.98 Å². The highest BCUT2D eigenvalue weighted by Crippen LogP contribution is 2.44. The molecule has 10 heteroatoms. The molecule has 0 bridgehead atoms. The van der Waals surface area contributed by atoms with E-state index >= 15 is 0 Å². The van der Waals surface area contributed by atoms with E-state index in [9.17, 15) is 15.3 Å². The highest BCUT2D eigenvalue weighted by molar-refractivity contribution is 7.21. The number of aliphatic hydroxyl groups excluding tert-OH is 2.